The Balaban J connectivity index is 1.98. The van der Waals surface area contributed by atoms with Crippen LogP contribution in [0.2, 0.25) is 0 Å². The van der Waals surface area contributed by atoms with Crippen LogP contribution in [-0.2, 0) is 0 Å². The third kappa shape index (κ3) is 2.88. The molecule has 0 bridgehead atoms. The Morgan fingerprint density at radius 3 is 2.57 bits per heavy atom. The molecule has 0 unspecified atom stereocenters. The van der Waals surface area contributed by atoms with Gasteiger partial charge < -0.3 is 9.84 Å². The van der Waals surface area contributed by atoms with E-state index in [0.717, 1.165) is 0 Å². The van der Waals surface area contributed by atoms with Gasteiger partial charge in [-0.1, -0.05) is 0 Å². The molecule has 0 fully saturated rings. The Morgan fingerprint density at radius 1 is 1.22 bits per heavy atom. The van der Waals surface area contributed by atoms with Crippen LogP contribution in [0.5, 0.6) is 11.5 Å². The average molecular weight is 316 g/mol. The Morgan fingerprint density at radius 2 is 1.91 bits per heavy atom. The molecular formula is C17H12F2NO3. The summed E-state index contributed by atoms with van der Waals surface area (Å²) < 4.78 is 30.0. The largest absolute Gasteiger partial charge is 0.508 e. The highest BCUT2D eigenvalue weighted by Crippen LogP contribution is 2.24. The van der Waals surface area contributed by atoms with Crippen LogP contribution in [0.25, 0.3) is 10.9 Å². The number of carbonyl (C=O) groups excluding carboxylic acids is 1. The summed E-state index contributed by atoms with van der Waals surface area (Å²) in [4.78, 5) is 12.7. The maximum atomic E-state index is 12.7. The van der Waals surface area contributed by atoms with E-state index in [1.54, 1.807) is 13.0 Å². The summed E-state index contributed by atoms with van der Waals surface area (Å²) >= 11 is 0. The van der Waals surface area contributed by atoms with Crippen LogP contribution in [0.1, 0.15) is 16.1 Å². The second-order valence-corrected chi connectivity index (χ2v) is 4.96. The summed E-state index contributed by atoms with van der Waals surface area (Å²) in [6.45, 7) is -1.18. The monoisotopic (exact) mass is 316 g/mol. The van der Waals surface area contributed by atoms with Gasteiger partial charge in [-0.2, -0.15) is 8.78 Å². The molecule has 6 heteroatoms. The quantitative estimate of drug-likeness (QED) is 0.801. The molecule has 23 heavy (non-hydrogen) atoms. The van der Waals surface area contributed by atoms with Crippen molar-refractivity contribution in [1.82, 2.24) is 4.57 Å². The minimum absolute atomic E-state index is 0.0119. The summed E-state index contributed by atoms with van der Waals surface area (Å²) in [5, 5.41) is 10.1. The van der Waals surface area contributed by atoms with Gasteiger partial charge in [0.2, 0.25) is 0 Å². The molecule has 3 rings (SSSR count). The number of alkyl halides is 2. The van der Waals surface area contributed by atoms with Crippen LogP contribution in [0.15, 0.2) is 42.5 Å². The maximum Gasteiger partial charge on any atom is 0.387 e. The van der Waals surface area contributed by atoms with Crippen LogP contribution in [-0.4, -0.2) is 22.2 Å². The highest BCUT2D eigenvalue weighted by atomic mass is 19.3. The first-order valence-electron chi connectivity index (χ1n) is 6.78. The first kappa shape index (κ1) is 15.0. The smallest absolute Gasteiger partial charge is 0.387 e. The molecule has 1 aromatic heterocycles. The Labute approximate surface area is 130 Å². The number of nitrogens with zero attached hydrogens (tertiary/aromatic N) is 1. The van der Waals surface area contributed by atoms with Gasteiger partial charge in [-0.3, -0.25) is 9.36 Å². The molecule has 3 aromatic rings. The number of hydrogen-bond donors (Lipinski definition) is 1. The Kier molecular flexibility index (Phi) is 3.73. The summed E-state index contributed by atoms with van der Waals surface area (Å²) in [5.41, 5.74) is 1.52. The van der Waals surface area contributed by atoms with Gasteiger partial charge in [0.25, 0.3) is 5.91 Å². The van der Waals surface area contributed by atoms with E-state index in [1.165, 1.54) is 41.0 Å². The van der Waals surface area contributed by atoms with E-state index in [2.05, 4.69) is 10.8 Å². The van der Waals surface area contributed by atoms with Gasteiger partial charge >= 0.3 is 6.61 Å². The lowest BCUT2D eigenvalue weighted by Gasteiger charge is -2.08. The zero-order valence-corrected chi connectivity index (χ0v) is 12.1. The van der Waals surface area contributed by atoms with Crippen molar-refractivity contribution in [2.45, 2.75) is 13.5 Å². The average Bonchev–Trinajstić information content (AvgIpc) is 2.81. The normalized spacial score (nSPS) is 11.1. The topological polar surface area (TPSA) is 51.5 Å². The van der Waals surface area contributed by atoms with Crippen molar-refractivity contribution in [3.63, 3.8) is 0 Å². The first-order chi connectivity index (χ1) is 11.0. The van der Waals surface area contributed by atoms with Crippen LogP contribution in [0, 0.1) is 13.0 Å². The number of aromatic nitrogens is 1. The molecule has 0 amide bonds. The van der Waals surface area contributed by atoms with E-state index in [1.807, 2.05) is 0 Å². The molecule has 0 aliphatic heterocycles. The van der Waals surface area contributed by atoms with Crippen molar-refractivity contribution >= 4 is 16.8 Å². The number of hydrogen-bond acceptors (Lipinski definition) is 3. The van der Waals surface area contributed by atoms with Crippen molar-refractivity contribution in [2.24, 2.45) is 0 Å². The lowest BCUT2D eigenvalue weighted by atomic mass is 10.2. The van der Waals surface area contributed by atoms with Gasteiger partial charge in [-0.15, -0.1) is 0 Å². The third-order valence-electron chi connectivity index (χ3n) is 3.40. The number of aryl methyl sites for hydroxylation is 1. The molecule has 0 spiro atoms. The number of fused-ring (bicyclic) bond motifs is 1. The molecule has 2 aromatic carbocycles. The molecule has 0 aliphatic carbocycles. The number of halogens is 2. The number of aromatic hydroxyl groups is 1. The molecule has 1 N–H and O–H groups in total. The van der Waals surface area contributed by atoms with E-state index in [0.29, 0.717) is 22.2 Å². The Bertz CT molecular complexity index is 869. The predicted molar refractivity (Wildman–Crippen MR) is 80.0 cm³/mol. The fourth-order valence-corrected chi connectivity index (χ4v) is 2.42. The zero-order chi connectivity index (χ0) is 16.6. The van der Waals surface area contributed by atoms with Gasteiger partial charge in [-0.25, -0.2) is 0 Å². The molecule has 0 atom stereocenters. The highest BCUT2D eigenvalue weighted by molar-refractivity contribution is 6.03. The standard InChI is InChI=1S/C17H12F2NO3/c1-10-8-12-9-13(21)4-7-15(12)20(10)16(22)11-2-5-14(6-3-11)23-17(18)19/h2-7,9,17,21H,1H3. The summed E-state index contributed by atoms with van der Waals surface area (Å²) in [5.74, 6) is -0.239. The van der Waals surface area contributed by atoms with E-state index in [9.17, 15) is 18.7 Å². The fourth-order valence-electron chi connectivity index (χ4n) is 2.42. The maximum absolute atomic E-state index is 12.7. The molecule has 117 valence electrons. The number of ether oxygens (including phenoxy) is 1. The summed E-state index contributed by atoms with van der Waals surface area (Å²) in [6, 6.07) is 13.1. The second-order valence-electron chi connectivity index (χ2n) is 4.96. The lowest BCUT2D eigenvalue weighted by molar-refractivity contribution is -0.0498. The van der Waals surface area contributed by atoms with Crippen molar-refractivity contribution in [2.75, 3.05) is 0 Å². The number of benzene rings is 2. The van der Waals surface area contributed by atoms with Gasteiger partial charge in [0.05, 0.1) is 5.52 Å². The number of rotatable bonds is 3. The fraction of sp³-hybridized carbons (Fsp3) is 0.118. The predicted octanol–water partition coefficient (Wildman–Crippen LogP) is 3.75. The molecule has 1 heterocycles. The van der Waals surface area contributed by atoms with Crippen molar-refractivity contribution < 1.29 is 23.4 Å². The lowest BCUT2D eigenvalue weighted by Crippen LogP contribution is -2.13. The number of phenols is 1. The molecule has 1 radical (unpaired) electrons. The highest BCUT2D eigenvalue weighted by Gasteiger charge is 2.16. The zero-order valence-electron chi connectivity index (χ0n) is 12.1. The van der Waals surface area contributed by atoms with Crippen LogP contribution in [0.3, 0.4) is 0 Å². The third-order valence-corrected chi connectivity index (χ3v) is 3.40. The molecule has 0 saturated carbocycles. The summed E-state index contributed by atoms with van der Waals surface area (Å²) in [7, 11) is 0. The van der Waals surface area contributed by atoms with Gasteiger partial charge in [0, 0.05) is 22.7 Å². The van der Waals surface area contributed by atoms with Crippen molar-refractivity contribution in [3.8, 4) is 11.5 Å². The van der Waals surface area contributed by atoms with E-state index >= 15 is 0 Å². The van der Waals surface area contributed by atoms with E-state index in [-0.39, 0.29) is 17.4 Å². The summed E-state index contributed by atoms with van der Waals surface area (Å²) in [6.07, 6.45) is 0. The molecule has 0 aliphatic rings. The van der Waals surface area contributed by atoms with Crippen LogP contribution in [0.4, 0.5) is 8.78 Å². The van der Waals surface area contributed by atoms with Gasteiger partial charge in [-0.05, 0) is 49.4 Å². The number of phenolic OH excluding ortho intramolecular Hbond substituents is 1. The Hall–Kier alpha value is -2.89. The van der Waals surface area contributed by atoms with Crippen LogP contribution < -0.4 is 4.74 Å². The molecule has 4 nitrogen and oxygen atoms in total. The van der Waals surface area contributed by atoms with E-state index < -0.39 is 6.61 Å². The molecular weight excluding hydrogens is 304 g/mol. The van der Waals surface area contributed by atoms with Crippen LogP contribution >= 0.6 is 0 Å². The van der Waals surface area contributed by atoms with Gasteiger partial charge in [0.1, 0.15) is 11.5 Å². The molecule has 0 saturated heterocycles. The second kappa shape index (κ2) is 5.72. The van der Waals surface area contributed by atoms with Crippen molar-refractivity contribution in [1.29, 1.82) is 0 Å². The first-order valence-corrected chi connectivity index (χ1v) is 6.78. The number of carbonyl (C=O) groups is 1. The minimum Gasteiger partial charge on any atom is -0.508 e. The van der Waals surface area contributed by atoms with Gasteiger partial charge in [0.15, 0.2) is 0 Å². The van der Waals surface area contributed by atoms with Crippen molar-refractivity contribution in [3.05, 3.63) is 59.8 Å². The van der Waals surface area contributed by atoms with E-state index in [4.69, 9.17) is 0 Å². The SMILES string of the molecule is Cc1[c]c2cc(O)ccc2n1C(=O)c1ccc(OC(F)F)cc1. The minimum atomic E-state index is -2.91.